The van der Waals surface area contributed by atoms with Gasteiger partial charge in [-0.05, 0) is 128 Å². The Morgan fingerprint density at radius 2 is 1.60 bits per heavy atom. The van der Waals surface area contributed by atoms with Crippen LogP contribution in [0.4, 0.5) is 5.69 Å². The summed E-state index contributed by atoms with van der Waals surface area (Å²) in [6, 6.07) is 16.4. The first-order chi connectivity index (χ1) is 20.1. The topological polar surface area (TPSA) is 86.6 Å². The monoisotopic (exact) mass is 571 g/mol. The maximum Gasteiger partial charge on any atom is 0.224 e. The van der Waals surface area contributed by atoms with Gasteiger partial charge in [0, 0.05) is 23.2 Å². The lowest BCUT2D eigenvalue weighted by Crippen LogP contribution is -2.58. The summed E-state index contributed by atoms with van der Waals surface area (Å²) >= 11 is 0. The minimum Gasteiger partial charge on any atom is -0.393 e. The van der Waals surface area contributed by atoms with Crippen molar-refractivity contribution < 1.29 is 19.8 Å². The molecule has 5 heteroatoms. The Morgan fingerprint density at radius 3 is 2.33 bits per heavy atom. The van der Waals surface area contributed by atoms with Crippen LogP contribution in [-0.2, 0) is 4.79 Å². The predicted molar refractivity (Wildman–Crippen MR) is 166 cm³/mol. The number of rotatable bonds is 7. The molecule has 4 fully saturated rings. The van der Waals surface area contributed by atoms with Crippen LogP contribution in [-0.4, -0.2) is 34.1 Å². The predicted octanol–water partition coefficient (Wildman–Crippen LogP) is 7.26. The molecule has 5 unspecified atom stereocenters. The summed E-state index contributed by atoms with van der Waals surface area (Å²) in [5.41, 5.74) is 2.13. The Balaban J connectivity index is 1.06. The molecule has 2 aromatic rings. The third kappa shape index (κ3) is 5.15. The van der Waals surface area contributed by atoms with Gasteiger partial charge in [-0.3, -0.25) is 9.59 Å². The third-order valence-electron chi connectivity index (χ3n) is 12.8. The average Bonchev–Trinajstić information content (AvgIpc) is 3.36. The maximum atomic E-state index is 12.9. The van der Waals surface area contributed by atoms with E-state index >= 15 is 0 Å². The quantitative estimate of drug-likeness (QED) is 0.305. The van der Waals surface area contributed by atoms with Crippen LogP contribution in [0.1, 0.15) is 101 Å². The van der Waals surface area contributed by atoms with Crippen LogP contribution < -0.4 is 5.32 Å². The molecule has 0 radical (unpaired) electrons. The van der Waals surface area contributed by atoms with Crippen molar-refractivity contribution in [2.24, 2.45) is 46.3 Å². The van der Waals surface area contributed by atoms with Crippen LogP contribution in [0.3, 0.4) is 0 Å². The number of aliphatic hydroxyl groups excluding tert-OH is 2. The first kappa shape index (κ1) is 29.6. The highest BCUT2D eigenvalue weighted by atomic mass is 16.3. The van der Waals surface area contributed by atoms with Gasteiger partial charge in [0.2, 0.25) is 5.91 Å². The van der Waals surface area contributed by atoms with E-state index in [9.17, 15) is 19.8 Å². The molecule has 0 spiro atoms. The average molecular weight is 572 g/mol. The van der Waals surface area contributed by atoms with Crippen LogP contribution in [0.15, 0.2) is 54.6 Å². The molecule has 4 aliphatic carbocycles. The van der Waals surface area contributed by atoms with Gasteiger partial charge in [0.25, 0.3) is 0 Å². The molecule has 3 N–H and O–H groups in total. The number of benzene rings is 2. The fraction of sp³-hybridized carbons (Fsp3) is 0.622. The fourth-order valence-corrected chi connectivity index (χ4v) is 10.4. The second-order valence-electron chi connectivity index (χ2n) is 14.7. The van der Waals surface area contributed by atoms with Gasteiger partial charge in [0.05, 0.1) is 12.2 Å². The summed E-state index contributed by atoms with van der Waals surface area (Å²) in [7, 11) is 0. The molecule has 6 rings (SSSR count). The van der Waals surface area contributed by atoms with Gasteiger partial charge in [-0.1, -0.05) is 51.1 Å². The summed E-state index contributed by atoms with van der Waals surface area (Å²) in [5.74, 6) is 3.13. The molecule has 4 saturated carbocycles. The van der Waals surface area contributed by atoms with Crippen LogP contribution in [0.5, 0.6) is 0 Å². The third-order valence-corrected chi connectivity index (χ3v) is 12.8. The first-order valence-electron chi connectivity index (χ1n) is 16.5. The SMILES string of the molecule is C[C@H](CCC(=O)Nc1ccc(C(=O)c2ccccc2)cc1)C1CCC2C3CCC4C[C@H](O)CC[C@]4(C)C3C[C@H](O)[C@@]21C. The standard InChI is InChI=1S/C37H49NO4/c1-23(9-18-34(41)38-27-13-10-25(11-14-27)35(42)24-7-5-4-6-8-24)30-16-17-31-29-15-12-26-21-28(39)19-20-36(26,2)32(29)22-33(40)37(30,31)3/h4-8,10-11,13-14,23,26,28-33,39-40H,9,12,15-22H2,1-3H3,(H,38,41)/t23-,26?,28-,29?,30?,31?,32?,33+,36+,37-/m1/s1. The zero-order valence-electron chi connectivity index (χ0n) is 25.6. The van der Waals surface area contributed by atoms with E-state index in [4.69, 9.17) is 0 Å². The summed E-state index contributed by atoms with van der Waals surface area (Å²) in [6.45, 7) is 7.12. The van der Waals surface area contributed by atoms with Gasteiger partial charge < -0.3 is 15.5 Å². The minimum atomic E-state index is -0.299. The fourth-order valence-electron chi connectivity index (χ4n) is 10.4. The number of carbonyl (C=O) groups excluding carboxylic acids is 2. The Bertz CT molecular complexity index is 1280. The molecule has 0 saturated heterocycles. The van der Waals surface area contributed by atoms with E-state index in [2.05, 4.69) is 26.1 Å². The molecule has 4 aliphatic rings. The summed E-state index contributed by atoms with van der Waals surface area (Å²) in [4.78, 5) is 25.6. The Hall–Kier alpha value is -2.50. The van der Waals surface area contributed by atoms with Gasteiger partial charge in [-0.2, -0.15) is 0 Å². The highest BCUT2D eigenvalue weighted by molar-refractivity contribution is 6.09. The smallest absolute Gasteiger partial charge is 0.224 e. The van der Waals surface area contributed by atoms with Crippen molar-refractivity contribution in [3.8, 4) is 0 Å². The molecule has 0 heterocycles. The van der Waals surface area contributed by atoms with E-state index in [1.165, 1.54) is 19.3 Å². The number of nitrogens with one attached hydrogen (secondary N) is 1. The van der Waals surface area contributed by atoms with Crippen molar-refractivity contribution in [1.29, 1.82) is 0 Å². The van der Waals surface area contributed by atoms with E-state index in [-0.39, 0.29) is 34.7 Å². The van der Waals surface area contributed by atoms with Gasteiger partial charge in [-0.15, -0.1) is 0 Å². The summed E-state index contributed by atoms with van der Waals surface area (Å²) in [6.07, 6.45) is 9.44. The number of ketones is 1. The number of carbonyl (C=O) groups is 2. The number of fused-ring (bicyclic) bond motifs is 5. The number of amides is 1. The van der Waals surface area contributed by atoms with E-state index < -0.39 is 0 Å². The highest BCUT2D eigenvalue weighted by Gasteiger charge is 2.63. The zero-order valence-corrected chi connectivity index (χ0v) is 25.6. The largest absolute Gasteiger partial charge is 0.393 e. The second kappa shape index (κ2) is 11.5. The molecule has 0 aliphatic heterocycles. The Labute approximate surface area is 251 Å². The van der Waals surface area contributed by atoms with Crippen molar-refractivity contribution in [2.75, 3.05) is 5.32 Å². The van der Waals surface area contributed by atoms with Crippen molar-refractivity contribution in [3.05, 3.63) is 65.7 Å². The normalized spacial score (nSPS) is 38.1. The van der Waals surface area contributed by atoms with Crippen LogP contribution >= 0.6 is 0 Å². The lowest BCUT2D eigenvalue weighted by atomic mass is 9.43. The van der Waals surface area contributed by atoms with Crippen molar-refractivity contribution >= 4 is 17.4 Å². The van der Waals surface area contributed by atoms with E-state index in [0.717, 1.165) is 38.5 Å². The molecule has 226 valence electrons. The van der Waals surface area contributed by atoms with Crippen LogP contribution in [0.2, 0.25) is 0 Å². The van der Waals surface area contributed by atoms with Gasteiger partial charge >= 0.3 is 0 Å². The zero-order chi connectivity index (χ0) is 29.6. The minimum absolute atomic E-state index is 0.00123. The van der Waals surface area contributed by atoms with Crippen molar-refractivity contribution in [2.45, 2.75) is 97.2 Å². The molecular formula is C37H49NO4. The molecule has 0 aromatic heterocycles. The number of hydrogen-bond acceptors (Lipinski definition) is 4. The molecular weight excluding hydrogens is 522 g/mol. The maximum absolute atomic E-state index is 12.9. The molecule has 10 atom stereocenters. The highest BCUT2D eigenvalue weighted by Crippen LogP contribution is 2.68. The van der Waals surface area contributed by atoms with Crippen LogP contribution in [0, 0.1) is 46.3 Å². The molecule has 2 aromatic carbocycles. The van der Waals surface area contributed by atoms with Crippen LogP contribution in [0.25, 0.3) is 0 Å². The summed E-state index contributed by atoms with van der Waals surface area (Å²) in [5, 5.41) is 25.2. The van der Waals surface area contributed by atoms with Crippen molar-refractivity contribution in [1.82, 2.24) is 0 Å². The second-order valence-corrected chi connectivity index (χ2v) is 14.7. The number of hydrogen-bond donors (Lipinski definition) is 3. The van der Waals surface area contributed by atoms with Gasteiger partial charge in [0.15, 0.2) is 5.78 Å². The number of anilines is 1. The Kier molecular flexibility index (Phi) is 8.12. The lowest BCUT2D eigenvalue weighted by Gasteiger charge is -2.62. The van der Waals surface area contributed by atoms with E-state index in [1.807, 2.05) is 30.3 Å². The lowest BCUT2D eigenvalue weighted by molar-refractivity contribution is -0.174. The molecule has 42 heavy (non-hydrogen) atoms. The van der Waals surface area contributed by atoms with E-state index in [0.29, 0.717) is 58.7 Å². The molecule has 0 bridgehead atoms. The van der Waals surface area contributed by atoms with Crippen molar-refractivity contribution in [3.63, 3.8) is 0 Å². The van der Waals surface area contributed by atoms with Gasteiger partial charge in [0.1, 0.15) is 0 Å². The number of aliphatic hydroxyl groups is 2. The van der Waals surface area contributed by atoms with E-state index in [1.54, 1.807) is 24.3 Å². The molecule has 5 nitrogen and oxygen atoms in total. The van der Waals surface area contributed by atoms with Gasteiger partial charge in [-0.25, -0.2) is 0 Å². The summed E-state index contributed by atoms with van der Waals surface area (Å²) < 4.78 is 0. The Morgan fingerprint density at radius 1 is 0.881 bits per heavy atom. The molecule has 1 amide bonds. The first-order valence-corrected chi connectivity index (χ1v) is 16.5.